The summed E-state index contributed by atoms with van der Waals surface area (Å²) in [5.74, 6) is 0. The van der Waals surface area contributed by atoms with Crippen LogP contribution in [0.1, 0.15) is 49.8 Å². The first-order valence-corrected chi connectivity index (χ1v) is 14.9. The van der Waals surface area contributed by atoms with Gasteiger partial charge in [-0.3, -0.25) is 9.78 Å². The normalized spacial score (nSPS) is 14.7. The Balaban J connectivity index is 1.73. The molecule has 3 aromatic heterocycles. The lowest BCUT2D eigenvalue weighted by Gasteiger charge is -2.28. The average Bonchev–Trinajstić information content (AvgIpc) is 3.34. The molecule has 0 amide bonds. The van der Waals surface area contributed by atoms with Gasteiger partial charge in [0.05, 0.1) is 22.5 Å². The minimum Gasteiger partial charge on any atom is -0.340 e. The highest BCUT2D eigenvalue weighted by Gasteiger charge is 2.25. The van der Waals surface area contributed by atoms with Crippen molar-refractivity contribution < 1.29 is 12.3 Å². The fraction of sp³-hybridized carbons (Fsp3) is 0.300. The Labute approximate surface area is 230 Å². The van der Waals surface area contributed by atoms with Crippen LogP contribution in [0.25, 0.3) is 44.0 Å². The van der Waals surface area contributed by atoms with E-state index in [1.165, 1.54) is 12.3 Å². The molecule has 40 heavy (non-hydrogen) atoms. The molecule has 5 aromatic rings. The quantitative estimate of drug-likeness (QED) is 0.266. The number of nitrogens with one attached hydrogen (secondary N) is 2. The molecule has 1 aliphatic heterocycles. The molecule has 0 aliphatic carbocycles. The Morgan fingerprint density at radius 2 is 1.93 bits per heavy atom. The van der Waals surface area contributed by atoms with Gasteiger partial charge in [0, 0.05) is 40.3 Å². The number of H-pyrrole nitrogens is 1. The number of benzene rings is 2. The van der Waals surface area contributed by atoms with Gasteiger partial charge in [-0.25, -0.2) is 0 Å². The van der Waals surface area contributed by atoms with Crippen molar-refractivity contribution >= 4 is 43.1 Å². The number of rotatable bonds is 6. The number of hydrogen-bond donors (Lipinski definition) is 2. The highest BCUT2D eigenvalue weighted by atomic mass is 32.3. The topological polar surface area (TPSA) is 121 Å². The predicted molar refractivity (Wildman–Crippen MR) is 154 cm³/mol. The molecule has 10 heteroatoms. The van der Waals surface area contributed by atoms with Gasteiger partial charge < -0.3 is 14.9 Å². The molecule has 2 aromatic carbocycles. The second kappa shape index (κ2) is 10.2. The van der Waals surface area contributed by atoms with E-state index in [0.29, 0.717) is 34.0 Å². The molecule has 0 bridgehead atoms. The Bertz CT molecular complexity index is 2000. The first-order valence-electron chi connectivity index (χ1n) is 13.5. The van der Waals surface area contributed by atoms with Crippen LogP contribution in [0.2, 0.25) is 0 Å². The minimum absolute atomic E-state index is 0.0976. The highest BCUT2D eigenvalue weighted by Crippen LogP contribution is 2.36. The van der Waals surface area contributed by atoms with Gasteiger partial charge in [-0.05, 0) is 80.2 Å². The van der Waals surface area contributed by atoms with Crippen LogP contribution in [-0.4, -0.2) is 36.0 Å². The van der Waals surface area contributed by atoms with Crippen LogP contribution in [0.5, 0.6) is 0 Å². The summed E-state index contributed by atoms with van der Waals surface area (Å²) in [6.45, 7) is 3.74. The van der Waals surface area contributed by atoms with Crippen molar-refractivity contribution in [2.75, 3.05) is 13.1 Å². The van der Waals surface area contributed by atoms with E-state index in [0.717, 1.165) is 72.5 Å². The lowest BCUT2D eigenvalue weighted by atomic mass is 9.93. The monoisotopic (exact) mass is 557 g/mol. The highest BCUT2D eigenvalue weighted by molar-refractivity contribution is 7.86. The lowest BCUT2D eigenvalue weighted by molar-refractivity contribution is 0.381. The van der Waals surface area contributed by atoms with Gasteiger partial charge in [-0.1, -0.05) is 19.4 Å². The summed E-state index contributed by atoms with van der Waals surface area (Å²) in [7, 11) is -4.94. The van der Waals surface area contributed by atoms with E-state index in [4.69, 9.17) is 0 Å². The SMILES string of the molecule is CCCCc1cc2c(=O)c3c4ccc(C#N)cc4[nH]c3n(C3CCNCC3)c2cc1-c1cncc(S(=O)(=O)F)c1. The van der Waals surface area contributed by atoms with E-state index >= 15 is 0 Å². The van der Waals surface area contributed by atoms with Crippen LogP contribution in [0.4, 0.5) is 3.89 Å². The number of hydrogen-bond acceptors (Lipinski definition) is 6. The van der Waals surface area contributed by atoms with E-state index in [2.05, 4.69) is 32.8 Å². The number of halogens is 1. The van der Waals surface area contributed by atoms with Crippen molar-refractivity contribution in [3.63, 3.8) is 0 Å². The van der Waals surface area contributed by atoms with E-state index in [1.54, 1.807) is 12.1 Å². The molecule has 1 aliphatic rings. The van der Waals surface area contributed by atoms with Crippen LogP contribution in [-0.2, 0) is 16.6 Å². The maximum Gasteiger partial charge on any atom is 0.333 e. The second-order valence-corrected chi connectivity index (χ2v) is 11.7. The number of aromatic nitrogens is 3. The molecule has 1 fully saturated rings. The minimum atomic E-state index is -4.94. The number of nitrogens with zero attached hydrogens (tertiary/aromatic N) is 3. The molecular formula is C30H28FN5O3S. The largest absolute Gasteiger partial charge is 0.340 e. The number of pyridine rings is 2. The molecule has 1 saturated heterocycles. The van der Waals surface area contributed by atoms with Crippen molar-refractivity contribution in [3.05, 3.63) is 70.1 Å². The molecule has 0 unspecified atom stereocenters. The van der Waals surface area contributed by atoms with Crippen LogP contribution in [0.3, 0.4) is 0 Å². The Morgan fingerprint density at radius 3 is 2.65 bits per heavy atom. The Morgan fingerprint density at radius 1 is 1.12 bits per heavy atom. The van der Waals surface area contributed by atoms with E-state index in [-0.39, 0.29) is 11.5 Å². The number of piperidine rings is 1. The Kier molecular flexibility index (Phi) is 6.64. The summed E-state index contributed by atoms with van der Waals surface area (Å²) in [5, 5.41) is 14.8. The Hall–Kier alpha value is -4.07. The van der Waals surface area contributed by atoms with Crippen LogP contribution in [0, 0.1) is 11.3 Å². The van der Waals surface area contributed by atoms with Crippen molar-refractivity contribution in [1.82, 2.24) is 19.9 Å². The molecule has 0 atom stereocenters. The van der Waals surface area contributed by atoms with Crippen molar-refractivity contribution in [2.45, 2.75) is 50.0 Å². The van der Waals surface area contributed by atoms with Gasteiger partial charge in [-0.15, -0.1) is 3.89 Å². The van der Waals surface area contributed by atoms with Gasteiger partial charge in [0.15, 0.2) is 5.43 Å². The molecule has 204 valence electrons. The molecule has 0 radical (unpaired) electrons. The van der Waals surface area contributed by atoms with E-state index in [1.807, 2.05) is 18.2 Å². The molecule has 2 N–H and O–H groups in total. The smallest absolute Gasteiger partial charge is 0.333 e. The third-order valence-electron chi connectivity index (χ3n) is 7.88. The third-order valence-corrected chi connectivity index (χ3v) is 8.67. The molecule has 8 nitrogen and oxygen atoms in total. The summed E-state index contributed by atoms with van der Waals surface area (Å²) in [4.78, 5) is 21.1. The van der Waals surface area contributed by atoms with Crippen molar-refractivity contribution in [2.24, 2.45) is 0 Å². The van der Waals surface area contributed by atoms with Gasteiger partial charge in [0.1, 0.15) is 10.5 Å². The first kappa shape index (κ1) is 26.2. The zero-order chi connectivity index (χ0) is 28.0. The zero-order valence-electron chi connectivity index (χ0n) is 22.0. The number of aromatic amines is 1. The van der Waals surface area contributed by atoms with Gasteiger partial charge in [0.2, 0.25) is 0 Å². The lowest BCUT2D eigenvalue weighted by Crippen LogP contribution is -2.30. The summed E-state index contributed by atoms with van der Waals surface area (Å²) >= 11 is 0. The fourth-order valence-corrected chi connectivity index (χ4v) is 6.37. The summed E-state index contributed by atoms with van der Waals surface area (Å²) < 4.78 is 39.5. The van der Waals surface area contributed by atoms with Crippen molar-refractivity contribution in [3.8, 4) is 17.2 Å². The predicted octanol–water partition coefficient (Wildman–Crippen LogP) is 5.49. The fourth-order valence-electron chi connectivity index (χ4n) is 5.92. The van der Waals surface area contributed by atoms with Gasteiger partial charge >= 0.3 is 10.2 Å². The third kappa shape index (κ3) is 4.45. The maximum atomic E-state index is 14.2. The van der Waals surface area contributed by atoms with Crippen LogP contribution in [0.15, 0.2) is 58.5 Å². The number of nitriles is 1. The summed E-state index contributed by atoms with van der Waals surface area (Å²) in [5.41, 5.74) is 4.62. The maximum absolute atomic E-state index is 14.2. The summed E-state index contributed by atoms with van der Waals surface area (Å²) in [6.07, 6.45) is 6.70. The number of fused-ring (bicyclic) bond motifs is 4. The standard InChI is InChI=1S/C30H28FN5O3S/c1-2-3-4-19-13-25-27(14-24(19)20-12-22(17-34-16-20)40(31,38)39)36(21-7-9-33-10-8-21)30-28(29(25)37)23-6-5-18(15-32)11-26(23)35-30/h5-6,11-14,16-17,21,33,35H,2-4,7-10H2,1H3. The van der Waals surface area contributed by atoms with Crippen LogP contribution < -0.4 is 10.7 Å². The summed E-state index contributed by atoms with van der Waals surface area (Å²) in [6, 6.07) is 12.7. The van der Waals surface area contributed by atoms with E-state index in [9.17, 15) is 22.4 Å². The van der Waals surface area contributed by atoms with Gasteiger partial charge in [-0.2, -0.15) is 13.7 Å². The number of unbranched alkanes of at least 4 members (excludes halogenated alkanes) is 1. The second-order valence-electron chi connectivity index (χ2n) is 10.4. The molecule has 0 spiro atoms. The number of aryl methyl sites for hydroxylation is 1. The zero-order valence-corrected chi connectivity index (χ0v) is 22.8. The molecule has 4 heterocycles. The molecule has 6 rings (SSSR count). The van der Waals surface area contributed by atoms with Crippen molar-refractivity contribution in [1.29, 1.82) is 5.26 Å². The average molecular weight is 558 g/mol. The first-order chi connectivity index (χ1) is 19.3. The molecule has 0 saturated carbocycles. The van der Waals surface area contributed by atoms with Crippen LogP contribution >= 0.6 is 0 Å². The van der Waals surface area contributed by atoms with E-state index < -0.39 is 15.1 Å². The molecular weight excluding hydrogens is 529 g/mol. The van der Waals surface area contributed by atoms with Gasteiger partial charge in [0.25, 0.3) is 0 Å².